The second-order valence-corrected chi connectivity index (χ2v) is 8.97. The smallest absolute Gasteiger partial charge is 0.263 e. The lowest BCUT2D eigenvalue weighted by molar-refractivity contribution is -0.141. The molecule has 2 aromatic carbocycles. The molecule has 1 saturated heterocycles. The van der Waals surface area contributed by atoms with Crippen molar-refractivity contribution < 1.29 is 14.3 Å². The number of carbonyl (C=O) groups excluding carboxylic acids is 2. The van der Waals surface area contributed by atoms with Crippen LogP contribution >= 0.6 is 15.9 Å². The van der Waals surface area contributed by atoms with Crippen molar-refractivity contribution in [2.24, 2.45) is 0 Å². The first-order valence-electron chi connectivity index (χ1n) is 11.0. The van der Waals surface area contributed by atoms with Crippen molar-refractivity contribution in [3.8, 4) is 5.75 Å². The highest BCUT2D eigenvalue weighted by molar-refractivity contribution is 9.10. The topological polar surface area (TPSA) is 49.9 Å². The van der Waals surface area contributed by atoms with Gasteiger partial charge in [-0.05, 0) is 78.9 Å². The number of halogens is 1. The Morgan fingerprint density at radius 2 is 1.84 bits per heavy atom. The second kappa shape index (κ2) is 10.8. The van der Waals surface area contributed by atoms with E-state index < -0.39 is 6.10 Å². The summed E-state index contributed by atoms with van der Waals surface area (Å²) in [4.78, 5) is 29.8. The van der Waals surface area contributed by atoms with Gasteiger partial charge in [0.1, 0.15) is 5.75 Å². The summed E-state index contributed by atoms with van der Waals surface area (Å²) in [7, 11) is 0. The molecule has 0 saturated carbocycles. The highest BCUT2D eigenvalue weighted by Gasteiger charge is 2.32. The van der Waals surface area contributed by atoms with E-state index >= 15 is 0 Å². The third-order valence-corrected chi connectivity index (χ3v) is 6.32. The van der Waals surface area contributed by atoms with Crippen LogP contribution in [-0.2, 0) is 4.79 Å². The Bertz CT molecular complexity index is 895. The maximum absolute atomic E-state index is 13.3. The molecule has 0 N–H and O–H groups in total. The van der Waals surface area contributed by atoms with Crippen molar-refractivity contribution in [2.45, 2.75) is 52.2 Å². The van der Waals surface area contributed by atoms with Gasteiger partial charge < -0.3 is 14.5 Å². The lowest BCUT2D eigenvalue weighted by atomic mass is 10.0. The van der Waals surface area contributed by atoms with Gasteiger partial charge in [-0.15, -0.1) is 0 Å². The number of nitrogens with zero attached hydrogens (tertiary/aromatic N) is 2. The van der Waals surface area contributed by atoms with Gasteiger partial charge in [-0.2, -0.15) is 0 Å². The molecule has 1 fully saturated rings. The number of ether oxygens (including phenoxy) is 1. The fraction of sp³-hybridized carbons (Fsp3) is 0.440. The van der Waals surface area contributed by atoms with Gasteiger partial charge >= 0.3 is 0 Å². The number of likely N-dealkylation sites (tertiary alicyclic amines) is 1. The van der Waals surface area contributed by atoms with Crippen LogP contribution in [0.2, 0.25) is 0 Å². The van der Waals surface area contributed by atoms with E-state index in [1.807, 2.05) is 72.2 Å². The van der Waals surface area contributed by atoms with E-state index in [2.05, 4.69) is 22.9 Å². The van der Waals surface area contributed by atoms with Crippen LogP contribution < -0.4 is 4.74 Å². The molecule has 1 aliphatic heterocycles. The average Bonchev–Trinajstić information content (AvgIpc) is 2.79. The van der Waals surface area contributed by atoms with E-state index in [1.54, 1.807) is 0 Å². The van der Waals surface area contributed by atoms with Crippen LogP contribution in [0.25, 0.3) is 0 Å². The third kappa shape index (κ3) is 5.88. The van der Waals surface area contributed by atoms with Crippen molar-refractivity contribution in [3.05, 3.63) is 64.1 Å². The van der Waals surface area contributed by atoms with Gasteiger partial charge in [-0.1, -0.05) is 31.2 Å². The zero-order chi connectivity index (χ0) is 22.4. The Morgan fingerprint density at radius 1 is 1.16 bits per heavy atom. The first-order chi connectivity index (χ1) is 14.9. The quantitative estimate of drug-likeness (QED) is 0.548. The molecule has 5 nitrogen and oxygen atoms in total. The third-order valence-electron chi connectivity index (χ3n) is 5.70. The first-order valence-corrected chi connectivity index (χ1v) is 11.8. The van der Waals surface area contributed by atoms with Crippen LogP contribution in [0.4, 0.5) is 0 Å². The Hall–Kier alpha value is -2.34. The minimum atomic E-state index is -0.575. The van der Waals surface area contributed by atoms with Crippen molar-refractivity contribution in [2.75, 3.05) is 19.6 Å². The minimum absolute atomic E-state index is 0.00200. The fourth-order valence-electron chi connectivity index (χ4n) is 4.03. The summed E-state index contributed by atoms with van der Waals surface area (Å²) in [5.41, 5.74) is 1.84. The molecule has 2 amide bonds. The molecule has 1 atom stereocenters. The number of hydrogen-bond donors (Lipinski definition) is 0. The fourth-order valence-corrected chi connectivity index (χ4v) is 4.62. The summed E-state index contributed by atoms with van der Waals surface area (Å²) in [5.74, 6) is 0.738. The Labute approximate surface area is 193 Å². The van der Waals surface area contributed by atoms with Crippen LogP contribution in [0.15, 0.2) is 53.0 Å². The highest BCUT2D eigenvalue weighted by atomic mass is 79.9. The molecule has 166 valence electrons. The summed E-state index contributed by atoms with van der Waals surface area (Å²) >= 11 is 3.52. The Morgan fingerprint density at radius 3 is 2.45 bits per heavy atom. The summed E-state index contributed by atoms with van der Waals surface area (Å²) in [6, 6.07) is 15.4. The Balaban J connectivity index is 1.62. The lowest BCUT2D eigenvalue weighted by Gasteiger charge is -2.39. The molecule has 0 radical (unpaired) electrons. The minimum Gasteiger partial charge on any atom is -0.480 e. The number of benzene rings is 2. The average molecular weight is 487 g/mol. The van der Waals surface area contributed by atoms with Crippen LogP contribution in [0.3, 0.4) is 0 Å². The zero-order valence-corrected chi connectivity index (χ0v) is 20.1. The van der Waals surface area contributed by atoms with Gasteiger partial charge in [-0.25, -0.2) is 0 Å². The maximum atomic E-state index is 13.3. The normalized spacial score (nSPS) is 15.4. The molecule has 3 rings (SSSR count). The molecule has 6 heteroatoms. The number of carbonyl (C=O) groups is 2. The Kier molecular flexibility index (Phi) is 8.13. The van der Waals surface area contributed by atoms with E-state index in [1.165, 1.54) is 0 Å². The van der Waals surface area contributed by atoms with Crippen LogP contribution in [-0.4, -0.2) is 53.4 Å². The van der Waals surface area contributed by atoms with Crippen molar-refractivity contribution >= 4 is 27.7 Å². The van der Waals surface area contributed by atoms with Crippen LogP contribution in [0.5, 0.6) is 5.75 Å². The summed E-state index contributed by atoms with van der Waals surface area (Å²) in [5, 5.41) is 0. The van der Waals surface area contributed by atoms with Crippen LogP contribution in [0, 0.1) is 6.92 Å². The molecular formula is C25H31BrN2O3. The van der Waals surface area contributed by atoms with Gasteiger partial charge in [0.15, 0.2) is 6.10 Å². The summed E-state index contributed by atoms with van der Waals surface area (Å²) in [6.45, 7) is 7.91. The molecule has 0 spiro atoms. The molecule has 0 bridgehead atoms. The van der Waals surface area contributed by atoms with E-state index in [-0.39, 0.29) is 17.9 Å². The van der Waals surface area contributed by atoms with Gasteiger partial charge in [0.2, 0.25) is 0 Å². The molecule has 1 aliphatic rings. The molecule has 2 aromatic rings. The molecule has 1 heterocycles. The van der Waals surface area contributed by atoms with Crippen molar-refractivity contribution in [1.29, 1.82) is 0 Å². The molecule has 0 aliphatic carbocycles. The molecular weight excluding hydrogens is 456 g/mol. The number of rotatable bonds is 7. The number of amides is 2. The maximum Gasteiger partial charge on any atom is 0.263 e. The number of aryl methyl sites for hydroxylation is 1. The predicted octanol–water partition coefficient (Wildman–Crippen LogP) is 5.07. The molecule has 1 unspecified atom stereocenters. The standard InChI is InChI=1S/C25H31BrN2O3/c1-4-14-28(24(29)19(3)31-23-11-10-18(2)17-22(23)26)21-12-15-27(16-13-21)25(30)20-8-6-5-7-9-20/h5-11,17,19,21H,4,12-16H2,1-3H3. The largest absolute Gasteiger partial charge is 0.480 e. The second-order valence-electron chi connectivity index (χ2n) is 8.11. The number of hydrogen-bond acceptors (Lipinski definition) is 3. The van der Waals surface area contributed by atoms with Gasteiger partial charge in [0, 0.05) is 31.2 Å². The SMILES string of the molecule is CCCN(C(=O)C(C)Oc1ccc(C)cc1Br)C1CCN(C(=O)c2ccccc2)CC1. The monoisotopic (exact) mass is 486 g/mol. The highest BCUT2D eigenvalue weighted by Crippen LogP contribution is 2.27. The first kappa shape index (κ1) is 23.3. The molecule has 0 aromatic heterocycles. The van der Waals surface area contributed by atoms with Crippen molar-refractivity contribution in [3.63, 3.8) is 0 Å². The predicted molar refractivity (Wildman–Crippen MR) is 126 cm³/mol. The van der Waals surface area contributed by atoms with E-state index in [4.69, 9.17) is 4.74 Å². The van der Waals surface area contributed by atoms with E-state index in [0.29, 0.717) is 30.9 Å². The summed E-state index contributed by atoms with van der Waals surface area (Å²) < 4.78 is 6.84. The van der Waals surface area contributed by atoms with Gasteiger partial charge in [0.05, 0.1) is 4.47 Å². The lowest BCUT2D eigenvalue weighted by Crippen LogP contribution is -2.52. The zero-order valence-electron chi connectivity index (χ0n) is 18.5. The van der Waals surface area contributed by atoms with Gasteiger partial charge in [0.25, 0.3) is 11.8 Å². The van der Waals surface area contributed by atoms with E-state index in [0.717, 1.165) is 29.3 Å². The van der Waals surface area contributed by atoms with Gasteiger partial charge in [-0.3, -0.25) is 9.59 Å². The number of piperidine rings is 1. The van der Waals surface area contributed by atoms with Crippen LogP contribution in [0.1, 0.15) is 49.0 Å². The summed E-state index contributed by atoms with van der Waals surface area (Å²) in [6.07, 6.45) is 1.88. The molecule has 31 heavy (non-hydrogen) atoms. The van der Waals surface area contributed by atoms with E-state index in [9.17, 15) is 9.59 Å². The van der Waals surface area contributed by atoms with Crippen molar-refractivity contribution in [1.82, 2.24) is 9.80 Å².